The molecule has 0 radical (unpaired) electrons. The standard InChI is InChI=1S/C48H30S2/c1-2-10-35-29(9-1)21-24-39-38(35)23-22-30-19-20-31(28-44(30)39)32-25-33(36-13-7-15-42-40-11-3-5-17-45(40)49-47(36)42)27-34(26-32)37-14-8-16-43-41-12-4-6-18-46(41)50-48(37)43/h1-25,27-28,34H,26H2. The average molecular weight is 671 g/mol. The molecule has 10 aromatic rings. The van der Waals surface area contributed by atoms with Crippen LogP contribution in [0.3, 0.4) is 0 Å². The van der Waals surface area contributed by atoms with Crippen molar-refractivity contribution in [3.63, 3.8) is 0 Å². The highest BCUT2D eigenvalue weighted by atomic mass is 32.1. The van der Waals surface area contributed by atoms with E-state index >= 15 is 0 Å². The van der Waals surface area contributed by atoms with Crippen molar-refractivity contribution in [2.45, 2.75) is 12.3 Å². The van der Waals surface area contributed by atoms with Gasteiger partial charge in [0.2, 0.25) is 0 Å². The molecule has 0 aliphatic heterocycles. The van der Waals surface area contributed by atoms with Crippen molar-refractivity contribution in [1.29, 1.82) is 0 Å². The molecule has 0 amide bonds. The molecule has 234 valence electrons. The molecular weight excluding hydrogens is 641 g/mol. The molecular formula is C48H30S2. The van der Waals surface area contributed by atoms with E-state index in [4.69, 9.17) is 0 Å². The van der Waals surface area contributed by atoms with Gasteiger partial charge in [-0.3, -0.25) is 0 Å². The van der Waals surface area contributed by atoms with E-state index in [1.165, 1.54) is 100 Å². The number of rotatable bonds is 3. The summed E-state index contributed by atoms with van der Waals surface area (Å²) in [5.41, 5.74) is 6.76. The second-order valence-corrected chi connectivity index (χ2v) is 15.7. The minimum atomic E-state index is 0.249. The summed E-state index contributed by atoms with van der Waals surface area (Å²) < 4.78 is 5.48. The SMILES string of the molecule is C1=C(c2ccc3ccc4c5ccccc5ccc4c3c2)CC(c2cccc3c2sc2ccccc23)C=C1c1cccc2c1sc1ccccc12. The zero-order chi connectivity index (χ0) is 32.8. The molecule has 0 nitrogen and oxygen atoms in total. The van der Waals surface area contributed by atoms with E-state index < -0.39 is 0 Å². The Morgan fingerprint density at radius 2 is 1.04 bits per heavy atom. The molecule has 0 fully saturated rings. The molecule has 50 heavy (non-hydrogen) atoms. The van der Waals surface area contributed by atoms with Gasteiger partial charge in [0.1, 0.15) is 0 Å². The van der Waals surface area contributed by atoms with Crippen LogP contribution >= 0.6 is 22.7 Å². The Kier molecular flexibility index (Phi) is 6.22. The minimum Gasteiger partial charge on any atom is -0.135 e. The third-order valence-corrected chi connectivity index (χ3v) is 13.3. The predicted octanol–water partition coefficient (Wildman–Crippen LogP) is 14.5. The van der Waals surface area contributed by atoms with Gasteiger partial charge >= 0.3 is 0 Å². The average Bonchev–Trinajstić information content (AvgIpc) is 3.76. The summed E-state index contributed by atoms with van der Waals surface area (Å²) in [7, 11) is 0. The largest absolute Gasteiger partial charge is 0.135 e. The molecule has 0 spiro atoms. The number of fused-ring (bicyclic) bond motifs is 11. The fourth-order valence-corrected chi connectivity index (χ4v) is 10.9. The Balaban J connectivity index is 1.14. The zero-order valence-corrected chi connectivity index (χ0v) is 28.8. The summed E-state index contributed by atoms with van der Waals surface area (Å²) in [4.78, 5) is 0. The second kappa shape index (κ2) is 11.0. The normalized spacial score (nSPS) is 15.2. The molecule has 1 atom stereocenters. The Bertz CT molecular complexity index is 3070. The summed E-state index contributed by atoms with van der Waals surface area (Å²) in [6.45, 7) is 0. The summed E-state index contributed by atoms with van der Waals surface area (Å²) in [6, 6.07) is 56.6. The van der Waals surface area contributed by atoms with Crippen molar-refractivity contribution < 1.29 is 0 Å². The fraction of sp³-hybridized carbons (Fsp3) is 0.0417. The molecule has 0 saturated heterocycles. The van der Waals surface area contributed by atoms with Gasteiger partial charge in [-0.1, -0.05) is 146 Å². The van der Waals surface area contributed by atoms with Crippen LogP contribution in [0.4, 0.5) is 0 Å². The third kappa shape index (κ3) is 4.29. The molecule has 2 aromatic heterocycles. The van der Waals surface area contributed by atoms with Crippen LogP contribution in [0.2, 0.25) is 0 Å². The van der Waals surface area contributed by atoms with Crippen molar-refractivity contribution in [1.82, 2.24) is 0 Å². The number of benzene rings is 8. The Morgan fingerprint density at radius 3 is 1.84 bits per heavy atom. The van der Waals surface area contributed by atoms with Crippen LogP contribution < -0.4 is 0 Å². The van der Waals surface area contributed by atoms with Crippen molar-refractivity contribution in [2.75, 3.05) is 0 Å². The van der Waals surface area contributed by atoms with Gasteiger partial charge in [0.05, 0.1) is 0 Å². The summed E-state index contributed by atoms with van der Waals surface area (Å²) in [6.07, 6.45) is 6.01. The van der Waals surface area contributed by atoms with Gasteiger partial charge in [-0.25, -0.2) is 0 Å². The molecule has 1 aliphatic carbocycles. The van der Waals surface area contributed by atoms with Gasteiger partial charge in [-0.2, -0.15) is 0 Å². The van der Waals surface area contributed by atoms with E-state index in [0.29, 0.717) is 0 Å². The quantitative estimate of drug-likeness (QED) is 0.164. The van der Waals surface area contributed by atoms with E-state index in [1.54, 1.807) is 0 Å². The third-order valence-electron chi connectivity index (χ3n) is 10.8. The smallest absolute Gasteiger partial charge is 0.0433 e. The molecule has 1 unspecified atom stereocenters. The highest BCUT2D eigenvalue weighted by Crippen LogP contribution is 2.47. The monoisotopic (exact) mass is 670 g/mol. The minimum absolute atomic E-state index is 0.249. The lowest BCUT2D eigenvalue weighted by atomic mass is 9.80. The van der Waals surface area contributed by atoms with Crippen molar-refractivity contribution in [3.05, 3.63) is 181 Å². The van der Waals surface area contributed by atoms with Gasteiger partial charge in [0.25, 0.3) is 0 Å². The first-order valence-corrected chi connectivity index (χ1v) is 19.0. The van der Waals surface area contributed by atoms with Gasteiger partial charge < -0.3 is 0 Å². The van der Waals surface area contributed by atoms with E-state index in [2.05, 4.69) is 164 Å². The number of allylic oxidation sites excluding steroid dienone is 4. The van der Waals surface area contributed by atoms with Crippen LogP contribution in [0, 0.1) is 0 Å². The fourth-order valence-electron chi connectivity index (χ4n) is 8.43. The van der Waals surface area contributed by atoms with Crippen LogP contribution in [0.1, 0.15) is 29.0 Å². The maximum absolute atomic E-state index is 2.56. The van der Waals surface area contributed by atoms with E-state index in [9.17, 15) is 0 Å². The predicted molar refractivity (Wildman–Crippen MR) is 221 cm³/mol. The highest BCUT2D eigenvalue weighted by Gasteiger charge is 2.24. The number of hydrogen-bond donors (Lipinski definition) is 0. The van der Waals surface area contributed by atoms with E-state index in [1.807, 2.05) is 22.7 Å². The molecule has 0 saturated carbocycles. The number of hydrogen-bond acceptors (Lipinski definition) is 2. The van der Waals surface area contributed by atoms with Crippen molar-refractivity contribution >= 4 is 106 Å². The van der Waals surface area contributed by atoms with Crippen LogP contribution in [0.5, 0.6) is 0 Å². The van der Waals surface area contributed by atoms with Crippen molar-refractivity contribution in [2.24, 2.45) is 0 Å². The van der Waals surface area contributed by atoms with Crippen molar-refractivity contribution in [3.8, 4) is 0 Å². The first kappa shape index (κ1) is 28.3. The Labute approximate surface area is 297 Å². The van der Waals surface area contributed by atoms with Crippen LogP contribution in [-0.4, -0.2) is 0 Å². The first-order valence-electron chi connectivity index (χ1n) is 17.3. The van der Waals surface area contributed by atoms with Crippen LogP contribution in [0.25, 0.3) is 83.8 Å². The first-order chi connectivity index (χ1) is 24.8. The van der Waals surface area contributed by atoms with Gasteiger partial charge in [-0.05, 0) is 84.8 Å². The lowest BCUT2D eigenvalue weighted by molar-refractivity contribution is 0.881. The maximum atomic E-state index is 2.56. The van der Waals surface area contributed by atoms with E-state index in [0.717, 1.165) is 6.42 Å². The molecule has 8 aromatic carbocycles. The zero-order valence-electron chi connectivity index (χ0n) is 27.2. The lowest BCUT2D eigenvalue weighted by Gasteiger charge is -2.24. The molecule has 2 heterocycles. The molecule has 2 heteroatoms. The summed E-state index contributed by atoms with van der Waals surface area (Å²) >= 11 is 3.86. The Morgan fingerprint density at radius 1 is 0.440 bits per heavy atom. The molecule has 0 bridgehead atoms. The molecule has 11 rings (SSSR count). The summed E-state index contributed by atoms with van der Waals surface area (Å²) in [5, 5.41) is 13.2. The molecule has 1 aliphatic rings. The van der Waals surface area contributed by atoms with Crippen LogP contribution in [-0.2, 0) is 0 Å². The lowest BCUT2D eigenvalue weighted by Crippen LogP contribution is -2.04. The van der Waals surface area contributed by atoms with Crippen LogP contribution in [0.15, 0.2) is 164 Å². The van der Waals surface area contributed by atoms with E-state index in [-0.39, 0.29) is 5.92 Å². The van der Waals surface area contributed by atoms with Gasteiger partial charge in [0.15, 0.2) is 0 Å². The summed E-state index contributed by atoms with van der Waals surface area (Å²) in [5.74, 6) is 0.249. The highest BCUT2D eigenvalue weighted by molar-refractivity contribution is 7.26. The van der Waals surface area contributed by atoms with Gasteiger partial charge in [-0.15, -0.1) is 22.7 Å². The second-order valence-electron chi connectivity index (χ2n) is 13.6. The maximum Gasteiger partial charge on any atom is 0.0433 e. The molecule has 0 N–H and O–H groups in total. The topological polar surface area (TPSA) is 0 Å². The Hall–Kier alpha value is -5.54. The number of thiophene rings is 2. The van der Waals surface area contributed by atoms with Gasteiger partial charge in [0, 0.05) is 46.3 Å².